The van der Waals surface area contributed by atoms with Crippen molar-refractivity contribution in [2.24, 2.45) is 5.73 Å². The Labute approximate surface area is 108 Å². The van der Waals surface area contributed by atoms with Gasteiger partial charge in [0, 0.05) is 12.0 Å². The van der Waals surface area contributed by atoms with Crippen molar-refractivity contribution in [1.29, 1.82) is 0 Å². The summed E-state index contributed by atoms with van der Waals surface area (Å²) in [6.45, 7) is 3.45. The molecule has 1 saturated carbocycles. The Balaban J connectivity index is 0.00000144. The molecule has 2 rings (SSSR count). The molecule has 0 spiro atoms. The zero-order valence-electron chi connectivity index (χ0n) is 10.1. The van der Waals surface area contributed by atoms with Crippen molar-refractivity contribution >= 4 is 18.3 Å². The number of benzene rings is 1. The summed E-state index contributed by atoms with van der Waals surface area (Å²) in [5.41, 5.74) is 6.23. The lowest BCUT2D eigenvalue weighted by molar-refractivity contribution is -0.125. The molecular formula is C13H19ClN2O. The number of carbonyl (C=O) groups excluding carboxylic acids is 1. The third kappa shape index (κ3) is 3.45. The molecule has 0 saturated heterocycles. The van der Waals surface area contributed by atoms with E-state index in [1.165, 1.54) is 5.56 Å². The minimum atomic E-state index is -0.788. The van der Waals surface area contributed by atoms with Crippen molar-refractivity contribution in [1.82, 2.24) is 5.32 Å². The van der Waals surface area contributed by atoms with Crippen LogP contribution in [0.15, 0.2) is 30.3 Å². The summed E-state index contributed by atoms with van der Waals surface area (Å²) < 4.78 is 0. The van der Waals surface area contributed by atoms with Crippen molar-refractivity contribution < 1.29 is 4.79 Å². The molecule has 94 valence electrons. The van der Waals surface area contributed by atoms with Gasteiger partial charge in [0.25, 0.3) is 0 Å². The quantitative estimate of drug-likeness (QED) is 0.865. The molecule has 1 amide bonds. The number of hydrogen-bond acceptors (Lipinski definition) is 2. The highest BCUT2D eigenvalue weighted by atomic mass is 35.5. The zero-order chi connectivity index (χ0) is 11.8. The second kappa shape index (κ2) is 5.07. The summed E-state index contributed by atoms with van der Waals surface area (Å²) in [6.07, 6.45) is 1.02. The van der Waals surface area contributed by atoms with Gasteiger partial charge in [-0.05, 0) is 25.8 Å². The summed E-state index contributed by atoms with van der Waals surface area (Å²) >= 11 is 0. The van der Waals surface area contributed by atoms with Gasteiger partial charge in [-0.3, -0.25) is 4.79 Å². The Morgan fingerprint density at radius 2 is 1.94 bits per heavy atom. The molecule has 1 aliphatic carbocycles. The molecule has 2 unspecified atom stereocenters. The molecule has 1 aliphatic rings. The van der Waals surface area contributed by atoms with Gasteiger partial charge in [0.15, 0.2) is 0 Å². The molecule has 0 heterocycles. The first kappa shape index (κ1) is 14.0. The van der Waals surface area contributed by atoms with Crippen LogP contribution in [0.25, 0.3) is 0 Å². The van der Waals surface area contributed by atoms with E-state index in [9.17, 15) is 4.79 Å². The third-order valence-corrected chi connectivity index (χ3v) is 2.92. The summed E-state index contributed by atoms with van der Waals surface area (Å²) in [5.74, 6) is 0.392. The Bertz CT molecular complexity index is 386. The van der Waals surface area contributed by atoms with Crippen molar-refractivity contribution in [3.8, 4) is 0 Å². The number of carbonyl (C=O) groups is 1. The van der Waals surface area contributed by atoms with Gasteiger partial charge in [-0.2, -0.15) is 0 Å². The standard InChI is InChI=1S/C13H18N2O.ClH/c1-13(2,14)12(16)15-11-8-10(11)9-6-4-3-5-7-9;/h3-7,10-11H,8,14H2,1-2H3,(H,15,16);1H. The van der Waals surface area contributed by atoms with Crippen molar-refractivity contribution in [2.75, 3.05) is 0 Å². The van der Waals surface area contributed by atoms with E-state index in [0.29, 0.717) is 5.92 Å². The normalized spacial score (nSPS) is 22.5. The van der Waals surface area contributed by atoms with E-state index in [1.807, 2.05) is 18.2 Å². The van der Waals surface area contributed by atoms with E-state index < -0.39 is 5.54 Å². The molecule has 2 atom stereocenters. The fourth-order valence-corrected chi connectivity index (χ4v) is 1.78. The topological polar surface area (TPSA) is 55.1 Å². The highest BCUT2D eigenvalue weighted by Crippen LogP contribution is 2.40. The molecule has 1 fully saturated rings. The second-order valence-electron chi connectivity index (χ2n) is 5.05. The minimum absolute atomic E-state index is 0. The van der Waals surface area contributed by atoms with Crippen molar-refractivity contribution in [3.05, 3.63) is 35.9 Å². The molecule has 1 aromatic carbocycles. The SMILES string of the molecule is CC(C)(N)C(=O)NC1CC1c1ccccc1.Cl. The minimum Gasteiger partial charge on any atom is -0.351 e. The fraction of sp³-hybridized carbons (Fsp3) is 0.462. The summed E-state index contributed by atoms with van der Waals surface area (Å²) in [7, 11) is 0. The van der Waals surface area contributed by atoms with Crippen LogP contribution in [0, 0.1) is 0 Å². The van der Waals surface area contributed by atoms with Gasteiger partial charge in [-0.25, -0.2) is 0 Å². The zero-order valence-corrected chi connectivity index (χ0v) is 11.0. The summed E-state index contributed by atoms with van der Waals surface area (Å²) in [4.78, 5) is 11.7. The Morgan fingerprint density at radius 1 is 1.35 bits per heavy atom. The van der Waals surface area contributed by atoms with E-state index in [-0.39, 0.29) is 24.4 Å². The van der Waals surface area contributed by atoms with Crippen molar-refractivity contribution in [3.63, 3.8) is 0 Å². The fourth-order valence-electron chi connectivity index (χ4n) is 1.78. The first-order chi connectivity index (χ1) is 7.48. The monoisotopic (exact) mass is 254 g/mol. The van der Waals surface area contributed by atoms with E-state index in [2.05, 4.69) is 17.4 Å². The van der Waals surface area contributed by atoms with Crippen LogP contribution in [0.2, 0.25) is 0 Å². The van der Waals surface area contributed by atoms with E-state index in [1.54, 1.807) is 13.8 Å². The molecule has 0 aliphatic heterocycles. The van der Waals surface area contributed by atoms with Crippen LogP contribution in [0.3, 0.4) is 0 Å². The van der Waals surface area contributed by atoms with Crippen LogP contribution in [-0.4, -0.2) is 17.5 Å². The lowest BCUT2D eigenvalue weighted by atomic mass is 10.1. The molecule has 0 radical (unpaired) electrons. The van der Waals surface area contributed by atoms with Crippen LogP contribution in [0.4, 0.5) is 0 Å². The third-order valence-electron chi connectivity index (χ3n) is 2.92. The number of hydrogen-bond donors (Lipinski definition) is 2. The smallest absolute Gasteiger partial charge is 0.239 e. The maximum Gasteiger partial charge on any atom is 0.239 e. The van der Waals surface area contributed by atoms with Gasteiger partial charge < -0.3 is 11.1 Å². The van der Waals surface area contributed by atoms with Gasteiger partial charge in [-0.1, -0.05) is 30.3 Å². The Kier molecular flexibility index (Phi) is 4.17. The van der Waals surface area contributed by atoms with Gasteiger partial charge >= 0.3 is 0 Å². The molecule has 0 aromatic heterocycles. The van der Waals surface area contributed by atoms with Crippen LogP contribution >= 0.6 is 12.4 Å². The molecule has 17 heavy (non-hydrogen) atoms. The number of nitrogens with two attached hydrogens (primary N) is 1. The van der Waals surface area contributed by atoms with Crippen LogP contribution in [-0.2, 0) is 4.79 Å². The second-order valence-corrected chi connectivity index (χ2v) is 5.05. The Morgan fingerprint density at radius 3 is 2.47 bits per heavy atom. The number of nitrogens with one attached hydrogen (secondary N) is 1. The van der Waals surface area contributed by atoms with Gasteiger partial charge in [0.2, 0.25) is 5.91 Å². The first-order valence-corrected chi connectivity index (χ1v) is 5.63. The number of rotatable bonds is 3. The van der Waals surface area contributed by atoms with E-state index in [0.717, 1.165) is 6.42 Å². The van der Waals surface area contributed by atoms with E-state index in [4.69, 9.17) is 5.73 Å². The maximum absolute atomic E-state index is 11.7. The van der Waals surface area contributed by atoms with Crippen LogP contribution < -0.4 is 11.1 Å². The average molecular weight is 255 g/mol. The largest absolute Gasteiger partial charge is 0.351 e. The van der Waals surface area contributed by atoms with Gasteiger partial charge in [0.1, 0.15) is 0 Å². The first-order valence-electron chi connectivity index (χ1n) is 5.63. The number of halogens is 1. The lowest BCUT2D eigenvalue weighted by Crippen LogP contribution is -2.49. The molecular weight excluding hydrogens is 236 g/mol. The maximum atomic E-state index is 11.7. The van der Waals surface area contributed by atoms with Crippen molar-refractivity contribution in [2.45, 2.75) is 37.8 Å². The summed E-state index contributed by atoms with van der Waals surface area (Å²) in [6, 6.07) is 10.5. The highest BCUT2D eigenvalue weighted by molar-refractivity contribution is 5.86. The molecule has 3 nitrogen and oxygen atoms in total. The molecule has 3 N–H and O–H groups in total. The molecule has 0 bridgehead atoms. The predicted molar refractivity (Wildman–Crippen MR) is 71.2 cm³/mol. The predicted octanol–water partition coefficient (Wildman–Crippen LogP) is 1.82. The molecule has 4 heteroatoms. The van der Waals surface area contributed by atoms with Gasteiger partial charge in [0.05, 0.1) is 5.54 Å². The Hall–Kier alpha value is -1.06. The van der Waals surface area contributed by atoms with Crippen LogP contribution in [0.1, 0.15) is 31.7 Å². The van der Waals surface area contributed by atoms with Gasteiger partial charge in [-0.15, -0.1) is 12.4 Å². The van der Waals surface area contributed by atoms with Crippen LogP contribution in [0.5, 0.6) is 0 Å². The molecule has 1 aromatic rings. The highest BCUT2D eigenvalue weighted by Gasteiger charge is 2.40. The number of amides is 1. The average Bonchev–Trinajstić information content (AvgIpc) is 2.97. The summed E-state index contributed by atoms with van der Waals surface area (Å²) in [5, 5.41) is 2.98. The lowest BCUT2D eigenvalue weighted by Gasteiger charge is -2.17. The van der Waals surface area contributed by atoms with E-state index >= 15 is 0 Å².